The molecule has 0 aromatic carbocycles. The molecule has 0 saturated carbocycles. The van der Waals surface area contributed by atoms with Gasteiger partial charge in [-0.25, -0.2) is 4.79 Å². The van der Waals surface area contributed by atoms with Gasteiger partial charge in [0.05, 0.1) is 19.3 Å². The van der Waals surface area contributed by atoms with E-state index in [0.29, 0.717) is 13.2 Å². The average Bonchev–Trinajstić information content (AvgIpc) is 2.50. The predicted molar refractivity (Wildman–Crippen MR) is 56.2 cm³/mol. The van der Waals surface area contributed by atoms with E-state index in [9.17, 15) is 4.79 Å². The van der Waals surface area contributed by atoms with Gasteiger partial charge in [-0.15, -0.1) is 0 Å². The maximum absolute atomic E-state index is 11.5. The molecule has 0 aliphatic carbocycles. The van der Waals surface area contributed by atoms with E-state index in [2.05, 4.69) is 5.10 Å². The molecule has 0 bridgehead atoms. The molecule has 2 N–H and O–H groups in total. The number of esters is 1. The van der Waals surface area contributed by atoms with Gasteiger partial charge in [-0.2, -0.15) is 5.10 Å². The lowest BCUT2D eigenvalue weighted by atomic mass is 10.1. The van der Waals surface area contributed by atoms with Crippen LogP contribution in [0.25, 0.3) is 0 Å². The molecule has 5 nitrogen and oxygen atoms in total. The van der Waals surface area contributed by atoms with Crippen molar-refractivity contribution in [2.24, 2.45) is 5.73 Å². The second-order valence-electron chi connectivity index (χ2n) is 3.85. The lowest BCUT2D eigenvalue weighted by molar-refractivity contribution is -0.149. The first-order chi connectivity index (χ1) is 6.95. The van der Waals surface area contributed by atoms with E-state index in [4.69, 9.17) is 10.5 Å². The number of hydrogen-bond donors (Lipinski definition) is 1. The zero-order valence-electron chi connectivity index (χ0n) is 9.36. The van der Waals surface area contributed by atoms with E-state index in [0.717, 1.165) is 5.56 Å². The summed E-state index contributed by atoms with van der Waals surface area (Å²) in [6.45, 7) is 5.99. The predicted octanol–water partition coefficient (Wildman–Crippen LogP) is 0.472. The summed E-state index contributed by atoms with van der Waals surface area (Å²) < 4.78 is 6.53. The average molecular weight is 211 g/mol. The number of hydrogen-bond acceptors (Lipinski definition) is 4. The molecule has 1 unspecified atom stereocenters. The van der Waals surface area contributed by atoms with E-state index in [1.165, 1.54) is 0 Å². The first-order valence-electron chi connectivity index (χ1n) is 4.91. The van der Waals surface area contributed by atoms with Crippen LogP contribution in [0.3, 0.4) is 0 Å². The van der Waals surface area contributed by atoms with Crippen LogP contribution in [-0.2, 0) is 16.1 Å². The molecule has 0 saturated heterocycles. The van der Waals surface area contributed by atoms with Crippen molar-refractivity contribution >= 4 is 5.97 Å². The third-order valence-corrected chi connectivity index (χ3v) is 1.99. The molecule has 5 heteroatoms. The van der Waals surface area contributed by atoms with E-state index >= 15 is 0 Å². The molecule has 15 heavy (non-hydrogen) atoms. The lowest BCUT2D eigenvalue weighted by Gasteiger charge is -2.21. The summed E-state index contributed by atoms with van der Waals surface area (Å²) in [5.41, 5.74) is 5.86. The number of nitrogens with two attached hydrogens (primary N) is 1. The van der Waals surface area contributed by atoms with Gasteiger partial charge in [0.15, 0.2) is 0 Å². The summed E-state index contributed by atoms with van der Waals surface area (Å²) >= 11 is 0. The highest BCUT2D eigenvalue weighted by Crippen LogP contribution is 2.07. The Hall–Kier alpha value is -1.36. The van der Waals surface area contributed by atoms with Gasteiger partial charge >= 0.3 is 5.97 Å². The highest BCUT2D eigenvalue weighted by molar-refractivity contribution is 5.79. The number of aromatic nitrogens is 2. The molecule has 84 valence electrons. The Bertz CT molecular complexity index is 344. The summed E-state index contributed by atoms with van der Waals surface area (Å²) in [7, 11) is 0. The summed E-state index contributed by atoms with van der Waals surface area (Å²) in [4.78, 5) is 11.5. The number of ether oxygens (including phenoxy) is 1. The number of carbonyl (C=O) groups is 1. The third-order valence-electron chi connectivity index (χ3n) is 1.99. The molecule has 1 atom stereocenters. The van der Waals surface area contributed by atoms with Crippen LogP contribution >= 0.6 is 0 Å². The minimum Gasteiger partial charge on any atom is -0.465 e. The topological polar surface area (TPSA) is 70.1 Å². The minimum atomic E-state index is -1.03. The van der Waals surface area contributed by atoms with Crippen LogP contribution in [-0.4, -0.2) is 27.9 Å². The van der Waals surface area contributed by atoms with Gasteiger partial charge < -0.3 is 10.5 Å². The highest BCUT2D eigenvalue weighted by atomic mass is 16.5. The largest absolute Gasteiger partial charge is 0.465 e. The van der Waals surface area contributed by atoms with E-state index in [-0.39, 0.29) is 0 Å². The van der Waals surface area contributed by atoms with Crippen molar-refractivity contribution in [2.45, 2.75) is 32.9 Å². The lowest BCUT2D eigenvalue weighted by Crippen LogP contribution is -2.49. The molecule has 0 amide bonds. The van der Waals surface area contributed by atoms with E-state index in [1.54, 1.807) is 24.7 Å². The molecular formula is C10H17N3O2. The molecule has 0 aliphatic heterocycles. The fourth-order valence-electron chi connectivity index (χ4n) is 1.25. The fraction of sp³-hybridized carbons (Fsp3) is 0.600. The van der Waals surface area contributed by atoms with Gasteiger partial charge in [-0.05, 0) is 26.3 Å². The monoisotopic (exact) mass is 211 g/mol. The second-order valence-corrected chi connectivity index (χ2v) is 3.85. The van der Waals surface area contributed by atoms with Crippen LogP contribution in [0.2, 0.25) is 0 Å². The summed E-state index contributed by atoms with van der Waals surface area (Å²) in [5, 5.41) is 4.07. The van der Waals surface area contributed by atoms with Crippen LogP contribution in [0.1, 0.15) is 19.4 Å². The normalized spacial score (nSPS) is 14.7. The zero-order valence-corrected chi connectivity index (χ0v) is 9.36. The van der Waals surface area contributed by atoms with Crippen molar-refractivity contribution in [1.82, 2.24) is 9.78 Å². The first kappa shape index (κ1) is 11.7. The summed E-state index contributed by atoms with van der Waals surface area (Å²) in [6.07, 6.45) is 3.56. The number of aryl methyl sites for hydroxylation is 1. The van der Waals surface area contributed by atoms with Crippen molar-refractivity contribution in [3.63, 3.8) is 0 Å². The minimum absolute atomic E-state index is 0.319. The molecule has 0 radical (unpaired) electrons. The maximum atomic E-state index is 11.5. The first-order valence-corrected chi connectivity index (χ1v) is 4.91. The Labute approximate surface area is 89.2 Å². The van der Waals surface area contributed by atoms with Gasteiger partial charge in [0.25, 0.3) is 0 Å². The van der Waals surface area contributed by atoms with Gasteiger partial charge in [-0.1, -0.05) is 0 Å². The number of carbonyl (C=O) groups excluding carboxylic acids is 1. The van der Waals surface area contributed by atoms with Crippen molar-refractivity contribution in [2.75, 3.05) is 6.61 Å². The maximum Gasteiger partial charge on any atom is 0.327 e. The molecule has 0 spiro atoms. The fourth-order valence-corrected chi connectivity index (χ4v) is 1.25. The quantitative estimate of drug-likeness (QED) is 0.735. The van der Waals surface area contributed by atoms with Crippen LogP contribution in [0.5, 0.6) is 0 Å². The van der Waals surface area contributed by atoms with Gasteiger partial charge in [0.2, 0.25) is 0 Å². The third kappa shape index (κ3) is 3.06. The van der Waals surface area contributed by atoms with E-state index < -0.39 is 11.5 Å². The Morgan fingerprint density at radius 1 is 1.73 bits per heavy atom. The van der Waals surface area contributed by atoms with Crippen LogP contribution in [0.15, 0.2) is 12.4 Å². The molecule has 0 fully saturated rings. The van der Waals surface area contributed by atoms with Crippen LogP contribution in [0.4, 0.5) is 0 Å². The van der Waals surface area contributed by atoms with Gasteiger partial charge in [0, 0.05) is 6.20 Å². The Morgan fingerprint density at radius 2 is 2.40 bits per heavy atom. The van der Waals surface area contributed by atoms with Crippen molar-refractivity contribution in [3.05, 3.63) is 18.0 Å². The second kappa shape index (κ2) is 4.44. The smallest absolute Gasteiger partial charge is 0.327 e. The van der Waals surface area contributed by atoms with Crippen molar-refractivity contribution in [1.29, 1.82) is 0 Å². The molecule has 1 aromatic heterocycles. The standard InChI is InChI=1S/C10H17N3O2/c1-4-15-9(14)10(3,11)7-13-6-8(2)5-12-13/h5-6H,4,7,11H2,1-3H3. The van der Waals surface area contributed by atoms with Crippen LogP contribution < -0.4 is 5.73 Å². The molecule has 1 heterocycles. The number of nitrogens with zero attached hydrogens (tertiary/aromatic N) is 2. The van der Waals surface area contributed by atoms with Crippen molar-refractivity contribution in [3.8, 4) is 0 Å². The molecule has 1 rings (SSSR count). The Morgan fingerprint density at radius 3 is 2.87 bits per heavy atom. The van der Waals surface area contributed by atoms with Gasteiger partial charge in [0.1, 0.15) is 5.54 Å². The zero-order chi connectivity index (χ0) is 11.5. The van der Waals surface area contributed by atoms with Crippen LogP contribution in [0, 0.1) is 6.92 Å². The molecule has 0 aliphatic rings. The molecular weight excluding hydrogens is 194 g/mol. The van der Waals surface area contributed by atoms with E-state index in [1.807, 2.05) is 13.1 Å². The Kier molecular flexibility index (Phi) is 3.47. The van der Waals surface area contributed by atoms with Crippen molar-refractivity contribution < 1.29 is 9.53 Å². The summed E-state index contributed by atoms with van der Waals surface area (Å²) in [5.74, 6) is -0.404. The summed E-state index contributed by atoms with van der Waals surface area (Å²) in [6, 6.07) is 0. The number of rotatable bonds is 4. The SMILES string of the molecule is CCOC(=O)C(C)(N)Cn1cc(C)cn1. The van der Waals surface area contributed by atoms with Gasteiger partial charge in [-0.3, -0.25) is 4.68 Å². The Balaban J connectivity index is 2.67. The highest BCUT2D eigenvalue weighted by Gasteiger charge is 2.30. The molecule has 1 aromatic rings.